The van der Waals surface area contributed by atoms with Crippen molar-refractivity contribution in [2.75, 3.05) is 37.0 Å². The molecule has 1 amide bonds. The fraction of sp³-hybridized carbons (Fsp3) is 0.364. The molecule has 186 valence electrons. The minimum atomic E-state index is -4.86. The number of aromatic nitrogens is 3. The van der Waals surface area contributed by atoms with Crippen molar-refractivity contribution < 1.29 is 22.4 Å². The number of halogens is 4. The van der Waals surface area contributed by atoms with Crippen LogP contribution in [0.15, 0.2) is 40.1 Å². The molecule has 1 aliphatic rings. The molecule has 1 aliphatic heterocycles. The molecule has 2 aromatic heterocycles. The lowest BCUT2D eigenvalue weighted by molar-refractivity contribution is -0.140. The van der Waals surface area contributed by atoms with Gasteiger partial charge in [-0.25, -0.2) is 13.7 Å². The largest absolute Gasteiger partial charge is 0.419 e. The number of nitrogens with zero attached hydrogens (tertiary/aromatic N) is 5. The van der Waals surface area contributed by atoms with E-state index in [1.165, 1.54) is 40.8 Å². The van der Waals surface area contributed by atoms with Gasteiger partial charge < -0.3 is 10.2 Å². The number of anilines is 1. The van der Waals surface area contributed by atoms with Crippen LogP contribution in [0.1, 0.15) is 24.1 Å². The first-order valence-corrected chi connectivity index (χ1v) is 10.6. The Kier molecular flexibility index (Phi) is 6.03. The number of benzene rings is 1. The van der Waals surface area contributed by atoms with E-state index >= 15 is 0 Å². The van der Waals surface area contributed by atoms with Crippen LogP contribution in [-0.4, -0.2) is 51.9 Å². The van der Waals surface area contributed by atoms with Gasteiger partial charge in [0.1, 0.15) is 12.4 Å². The van der Waals surface area contributed by atoms with Crippen molar-refractivity contribution in [3.8, 4) is 0 Å². The lowest BCUT2D eigenvalue weighted by Crippen LogP contribution is -2.55. The molecule has 4 rings (SSSR count). The van der Waals surface area contributed by atoms with E-state index in [0.717, 1.165) is 16.8 Å². The number of hydrogen-bond donors (Lipinski definition) is 1. The van der Waals surface area contributed by atoms with Crippen molar-refractivity contribution in [1.82, 2.24) is 19.4 Å². The second kappa shape index (κ2) is 8.71. The van der Waals surface area contributed by atoms with Crippen LogP contribution in [0.2, 0.25) is 0 Å². The Balaban J connectivity index is 1.79. The molecule has 0 spiro atoms. The summed E-state index contributed by atoms with van der Waals surface area (Å²) in [6.45, 7) is 2.14. The van der Waals surface area contributed by atoms with E-state index in [4.69, 9.17) is 0 Å². The molecule has 1 aromatic carbocycles. The topological polar surface area (TPSA) is 92.5 Å². The van der Waals surface area contributed by atoms with Crippen LogP contribution in [0, 0.1) is 5.82 Å². The number of piperazine rings is 1. The molecule has 13 heteroatoms. The Bertz CT molecular complexity index is 1430. The fourth-order valence-electron chi connectivity index (χ4n) is 3.96. The van der Waals surface area contributed by atoms with E-state index in [1.807, 2.05) is 0 Å². The van der Waals surface area contributed by atoms with Gasteiger partial charge in [-0.05, 0) is 13.0 Å². The van der Waals surface area contributed by atoms with Gasteiger partial charge >= 0.3 is 6.18 Å². The van der Waals surface area contributed by atoms with Crippen LogP contribution in [0.5, 0.6) is 0 Å². The summed E-state index contributed by atoms with van der Waals surface area (Å²) in [6, 6.07) is 3.12. The second-order valence-corrected chi connectivity index (χ2v) is 8.34. The molecule has 35 heavy (non-hydrogen) atoms. The van der Waals surface area contributed by atoms with Crippen molar-refractivity contribution in [2.24, 2.45) is 7.05 Å². The number of likely N-dealkylation sites (N-methyl/N-ethyl adjacent to an activating group) is 1. The van der Waals surface area contributed by atoms with Crippen molar-refractivity contribution in [3.63, 3.8) is 0 Å². The zero-order chi connectivity index (χ0) is 25.7. The molecule has 0 unspecified atom stereocenters. The van der Waals surface area contributed by atoms with Gasteiger partial charge in [0.05, 0.1) is 28.9 Å². The third-order valence-corrected chi connectivity index (χ3v) is 5.96. The number of carbonyl (C=O) groups excluding carboxylic acids is 1. The average Bonchev–Trinajstić information content (AvgIpc) is 2.78. The van der Waals surface area contributed by atoms with Gasteiger partial charge in [-0.3, -0.25) is 19.4 Å². The van der Waals surface area contributed by atoms with E-state index in [9.17, 15) is 31.9 Å². The third-order valence-electron chi connectivity index (χ3n) is 5.96. The standard InChI is InChI=1S/C22H22F4N6O3/c1-12(13-5-4-6-16(19(13)23)22(24,25)26)27-20-15-10-32(31-8-7-29(2)18(34)11-31)17(33)9-14(15)21(35)30(3)28-20/h4-6,9-10,12H,7-8,11H2,1-3H3,(H,27,28)/t12-/m1/s1. The molecular weight excluding hydrogens is 472 g/mol. The molecule has 0 aliphatic carbocycles. The Hall–Kier alpha value is -3.90. The summed E-state index contributed by atoms with van der Waals surface area (Å²) in [5.41, 5.74) is -2.75. The van der Waals surface area contributed by atoms with Gasteiger partial charge in [0.15, 0.2) is 5.82 Å². The predicted molar refractivity (Wildman–Crippen MR) is 120 cm³/mol. The summed E-state index contributed by atoms with van der Waals surface area (Å²) < 4.78 is 56.3. The number of hydrogen-bond acceptors (Lipinski definition) is 6. The Morgan fingerprint density at radius 1 is 1.09 bits per heavy atom. The first-order chi connectivity index (χ1) is 16.4. The molecular formula is C22H22F4N6O3. The number of fused-ring (bicyclic) bond motifs is 1. The summed E-state index contributed by atoms with van der Waals surface area (Å²) >= 11 is 0. The number of rotatable bonds is 4. The Morgan fingerprint density at radius 2 is 1.80 bits per heavy atom. The highest BCUT2D eigenvalue weighted by molar-refractivity contribution is 5.90. The summed E-state index contributed by atoms with van der Waals surface area (Å²) in [5.74, 6) is -1.56. The highest BCUT2D eigenvalue weighted by atomic mass is 19.4. The second-order valence-electron chi connectivity index (χ2n) is 8.34. The van der Waals surface area contributed by atoms with Gasteiger partial charge in [-0.15, -0.1) is 0 Å². The maximum Gasteiger partial charge on any atom is 0.419 e. The molecule has 0 radical (unpaired) electrons. The van der Waals surface area contributed by atoms with E-state index < -0.39 is 34.7 Å². The molecule has 3 aromatic rings. The molecule has 1 atom stereocenters. The Morgan fingerprint density at radius 3 is 2.46 bits per heavy atom. The van der Waals surface area contributed by atoms with Crippen LogP contribution in [0.4, 0.5) is 23.4 Å². The van der Waals surface area contributed by atoms with Crippen molar-refractivity contribution in [1.29, 1.82) is 0 Å². The minimum absolute atomic E-state index is 0.0171. The van der Waals surface area contributed by atoms with Crippen molar-refractivity contribution in [2.45, 2.75) is 19.1 Å². The summed E-state index contributed by atoms with van der Waals surface area (Å²) in [6.07, 6.45) is -3.51. The molecule has 0 saturated carbocycles. The third kappa shape index (κ3) is 4.45. The van der Waals surface area contributed by atoms with Crippen LogP contribution >= 0.6 is 0 Å². The molecule has 1 fully saturated rings. The highest BCUT2D eigenvalue weighted by Gasteiger charge is 2.35. The monoisotopic (exact) mass is 494 g/mol. The molecule has 3 heterocycles. The van der Waals surface area contributed by atoms with Gasteiger partial charge in [-0.1, -0.05) is 12.1 Å². The number of nitrogens with one attached hydrogen (secondary N) is 1. The zero-order valence-electron chi connectivity index (χ0n) is 19.1. The van der Waals surface area contributed by atoms with Gasteiger partial charge in [0, 0.05) is 38.5 Å². The maximum atomic E-state index is 14.7. The fourth-order valence-corrected chi connectivity index (χ4v) is 3.96. The average molecular weight is 494 g/mol. The predicted octanol–water partition coefficient (Wildman–Crippen LogP) is 1.84. The maximum absolute atomic E-state index is 14.7. The van der Waals surface area contributed by atoms with Crippen LogP contribution in [0.25, 0.3) is 10.8 Å². The van der Waals surface area contributed by atoms with E-state index in [2.05, 4.69) is 10.4 Å². The number of alkyl halides is 3. The molecule has 1 saturated heterocycles. The quantitative estimate of drug-likeness (QED) is 0.557. The van der Waals surface area contributed by atoms with Crippen molar-refractivity contribution >= 4 is 22.5 Å². The first kappa shape index (κ1) is 24.2. The van der Waals surface area contributed by atoms with Gasteiger partial charge in [0.25, 0.3) is 11.1 Å². The molecule has 9 nitrogen and oxygen atoms in total. The van der Waals surface area contributed by atoms with E-state index in [1.54, 1.807) is 7.05 Å². The molecule has 0 bridgehead atoms. The highest BCUT2D eigenvalue weighted by Crippen LogP contribution is 2.34. The number of pyridine rings is 1. The van der Waals surface area contributed by atoms with E-state index in [0.29, 0.717) is 19.2 Å². The van der Waals surface area contributed by atoms with Gasteiger partial charge in [0.2, 0.25) is 5.91 Å². The van der Waals surface area contributed by atoms with Crippen molar-refractivity contribution in [3.05, 3.63) is 68.1 Å². The van der Waals surface area contributed by atoms with E-state index in [-0.39, 0.29) is 34.6 Å². The first-order valence-electron chi connectivity index (χ1n) is 10.6. The number of carbonyl (C=O) groups is 1. The summed E-state index contributed by atoms with van der Waals surface area (Å²) in [5, 5.41) is 8.74. The van der Waals surface area contributed by atoms with Crippen LogP contribution < -0.4 is 21.4 Å². The van der Waals surface area contributed by atoms with Gasteiger partial charge in [-0.2, -0.15) is 18.3 Å². The normalized spacial score (nSPS) is 15.6. The lowest BCUT2D eigenvalue weighted by atomic mass is 10.0. The lowest BCUT2D eigenvalue weighted by Gasteiger charge is -2.34. The molecule has 1 N–H and O–H groups in total. The Labute approximate surface area is 196 Å². The van der Waals surface area contributed by atoms with Crippen LogP contribution in [0.3, 0.4) is 0 Å². The number of aryl methyl sites for hydroxylation is 1. The SMILES string of the molecule is C[C@@H](Nc1nn(C)c(=O)c2cc(=O)n(N3CCN(C)C(=O)C3)cc12)c1cccc(C(F)(F)F)c1F. The summed E-state index contributed by atoms with van der Waals surface area (Å²) in [7, 11) is 3.00. The zero-order valence-corrected chi connectivity index (χ0v) is 19.1. The minimum Gasteiger partial charge on any atom is -0.361 e. The number of amides is 1. The smallest absolute Gasteiger partial charge is 0.361 e. The van der Waals surface area contributed by atoms with Crippen LogP contribution in [-0.2, 0) is 18.0 Å². The summed E-state index contributed by atoms with van der Waals surface area (Å²) in [4.78, 5) is 39.1.